The van der Waals surface area contributed by atoms with Crippen LogP contribution in [0.1, 0.15) is 16.1 Å². The first-order chi connectivity index (χ1) is 7.75. The largest absolute Gasteiger partial charge is 0.292 e. The van der Waals surface area contributed by atoms with Crippen molar-refractivity contribution >= 4 is 21.7 Å². The molecule has 1 aromatic carbocycles. The van der Waals surface area contributed by atoms with Crippen LogP contribution in [0.25, 0.3) is 0 Å². The van der Waals surface area contributed by atoms with Crippen LogP contribution in [-0.4, -0.2) is 15.8 Å². The van der Waals surface area contributed by atoms with Crippen LogP contribution in [0.15, 0.2) is 47.3 Å². The molecule has 80 valence electrons. The average molecular weight is 277 g/mol. The minimum absolute atomic E-state index is 0.00437. The quantitative estimate of drug-likeness (QED) is 0.810. The van der Waals surface area contributed by atoms with E-state index in [4.69, 9.17) is 0 Å². The lowest BCUT2D eigenvalue weighted by Gasteiger charge is -2.00. The minimum Gasteiger partial charge on any atom is -0.292 e. The molecule has 0 aliphatic heterocycles. The Morgan fingerprint density at radius 2 is 1.94 bits per heavy atom. The Balaban J connectivity index is 2.11. The molecule has 0 radical (unpaired) electrons. The van der Waals surface area contributed by atoms with Gasteiger partial charge in [0.05, 0.1) is 0 Å². The lowest BCUT2D eigenvalue weighted by molar-refractivity contribution is 0.0988. The summed E-state index contributed by atoms with van der Waals surface area (Å²) in [6.07, 6.45) is 3.32. The van der Waals surface area contributed by atoms with E-state index >= 15 is 0 Å². The summed E-state index contributed by atoms with van der Waals surface area (Å²) in [7, 11) is 0. The summed E-state index contributed by atoms with van der Waals surface area (Å²) in [5, 5.41) is 0. The van der Waals surface area contributed by atoms with Crippen LogP contribution in [-0.2, 0) is 6.42 Å². The van der Waals surface area contributed by atoms with Gasteiger partial charge in [0.1, 0.15) is 12.0 Å². The fourth-order valence-corrected chi connectivity index (χ4v) is 1.60. The lowest BCUT2D eigenvalue weighted by Crippen LogP contribution is -2.05. The second-order valence-corrected chi connectivity index (χ2v) is 4.24. The van der Waals surface area contributed by atoms with E-state index < -0.39 is 0 Å². The molecular formula is C12H9BrN2O. The maximum Gasteiger partial charge on any atom is 0.185 e. The fraction of sp³-hybridized carbons (Fsp3) is 0.0833. The highest BCUT2D eigenvalue weighted by atomic mass is 79.9. The Labute approximate surface area is 102 Å². The van der Waals surface area contributed by atoms with Gasteiger partial charge in [-0.15, -0.1) is 0 Å². The topological polar surface area (TPSA) is 42.9 Å². The van der Waals surface area contributed by atoms with Crippen molar-refractivity contribution < 1.29 is 4.79 Å². The normalized spacial score (nSPS) is 10.1. The van der Waals surface area contributed by atoms with Gasteiger partial charge in [-0.1, -0.05) is 28.1 Å². The summed E-state index contributed by atoms with van der Waals surface area (Å²) in [4.78, 5) is 19.5. The van der Waals surface area contributed by atoms with E-state index in [1.165, 1.54) is 6.33 Å². The molecule has 0 N–H and O–H groups in total. The fourth-order valence-electron chi connectivity index (χ4n) is 1.33. The second kappa shape index (κ2) is 4.99. The molecule has 0 aliphatic rings. The highest BCUT2D eigenvalue weighted by molar-refractivity contribution is 9.10. The molecule has 0 aliphatic carbocycles. The molecule has 0 bridgehead atoms. The van der Waals surface area contributed by atoms with E-state index in [0.29, 0.717) is 12.1 Å². The SMILES string of the molecule is O=C(Cc1ccc(Br)cc1)c1ccncn1. The van der Waals surface area contributed by atoms with Gasteiger partial charge in [0.15, 0.2) is 5.78 Å². The maximum absolute atomic E-state index is 11.8. The maximum atomic E-state index is 11.8. The molecular weight excluding hydrogens is 268 g/mol. The van der Waals surface area contributed by atoms with Crippen molar-refractivity contribution in [2.45, 2.75) is 6.42 Å². The van der Waals surface area contributed by atoms with E-state index in [1.54, 1.807) is 12.3 Å². The van der Waals surface area contributed by atoms with Crippen molar-refractivity contribution in [1.29, 1.82) is 0 Å². The van der Waals surface area contributed by atoms with Crippen molar-refractivity contribution in [3.05, 3.63) is 58.6 Å². The molecule has 3 nitrogen and oxygen atoms in total. The number of aromatic nitrogens is 2. The zero-order chi connectivity index (χ0) is 11.4. The molecule has 0 amide bonds. The van der Waals surface area contributed by atoms with Gasteiger partial charge < -0.3 is 0 Å². The van der Waals surface area contributed by atoms with E-state index in [1.807, 2.05) is 24.3 Å². The molecule has 4 heteroatoms. The summed E-state index contributed by atoms with van der Waals surface area (Å²) in [6.45, 7) is 0. The number of ketones is 1. The van der Waals surface area contributed by atoms with Crippen molar-refractivity contribution in [3.8, 4) is 0 Å². The zero-order valence-corrected chi connectivity index (χ0v) is 10.0. The third kappa shape index (κ3) is 2.73. The molecule has 1 aromatic heterocycles. The number of rotatable bonds is 3. The van der Waals surface area contributed by atoms with Crippen LogP contribution in [0.5, 0.6) is 0 Å². The molecule has 0 unspecified atom stereocenters. The molecule has 0 fully saturated rings. The smallest absolute Gasteiger partial charge is 0.185 e. The monoisotopic (exact) mass is 276 g/mol. The summed E-state index contributed by atoms with van der Waals surface area (Å²) in [5.74, 6) is 0.00437. The highest BCUT2D eigenvalue weighted by Crippen LogP contribution is 2.12. The van der Waals surface area contributed by atoms with Crippen LogP contribution in [0.2, 0.25) is 0 Å². The number of Topliss-reactive ketones (excluding diaryl/α,β-unsaturated/α-hetero) is 1. The molecule has 2 rings (SSSR count). The van der Waals surface area contributed by atoms with Crippen molar-refractivity contribution in [3.63, 3.8) is 0 Å². The molecule has 0 spiro atoms. The first-order valence-electron chi connectivity index (χ1n) is 4.79. The third-order valence-corrected chi connectivity index (χ3v) is 2.67. The van der Waals surface area contributed by atoms with Crippen LogP contribution < -0.4 is 0 Å². The van der Waals surface area contributed by atoms with Crippen LogP contribution in [0.4, 0.5) is 0 Å². The molecule has 0 atom stereocenters. The Hall–Kier alpha value is -1.55. The zero-order valence-electron chi connectivity index (χ0n) is 8.43. The van der Waals surface area contributed by atoms with Crippen LogP contribution >= 0.6 is 15.9 Å². The number of hydrogen-bond acceptors (Lipinski definition) is 3. The Kier molecular flexibility index (Phi) is 3.41. The van der Waals surface area contributed by atoms with Gasteiger partial charge in [-0.25, -0.2) is 9.97 Å². The van der Waals surface area contributed by atoms with E-state index in [0.717, 1.165) is 10.0 Å². The van der Waals surface area contributed by atoms with Crippen molar-refractivity contribution in [2.24, 2.45) is 0 Å². The molecule has 16 heavy (non-hydrogen) atoms. The first kappa shape index (κ1) is 11.0. The summed E-state index contributed by atoms with van der Waals surface area (Å²) in [6, 6.07) is 9.30. The van der Waals surface area contributed by atoms with Gasteiger partial charge >= 0.3 is 0 Å². The predicted octanol–water partition coefficient (Wildman–Crippen LogP) is 2.66. The Morgan fingerprint density at radius 1 is 1.19 bits per heavy atom. The third-order valence-electron chi connectivity index (χ3n) is 2.15. The molecule has 1 heterocycles. The molecule has 0 saturated carbocycles. The number of carbonyl (C=O) groups is 1. The molecule has 0 saturated heterocycles. The van der Waals surface area contributed by atoms with Gasteiger partial charge in [-0.05, 0) is 23.8 Å². The van der Waals surface area contributed by atoms with E-state index in [2.05, 4.69) is 25.9 Å². The lowest BCUT2D eigenvalue weighted by atomic mass is 10.1. The van der Waals surface area contributed by atoms with Gasteiger partial charge in [-0.3, -0.25) is 4.79 Å². The van der Waals surface area contributed by atoms with E-state index in [-0.39, 0.29) is 5.78 Å². The van der Waals surface area contributed by atoms with Gasteiger partial charge in [0, 0.05) is 17.1 Å². The van der Waals surface area contributed by atoms with E-state index in [9.17, 15) is 4.79 Å². The Morgan fingerprint density at radius 3 is 2.56 bits per heavy atom. The number of hydrogen-bond donors (Lipinski definition) is 0. The van der Waals surface area contributed by atoms with Gasteiger partial charge in [0.25, 0.3) is 0 Å². The standard InChI is InChI=1S/C12H9BrN2O/c13-10-3-1-9(2-4-10)7-12(16)11-5-6-14-8-15-11/h1-6,8H,7H2. The number of carbonyl (C=O) groups excluding carboxylic acids is 1. The summed E-state index contributed by atoms with van der Waals surface area (Å²) < 4.78 is 1.01. The predicted molar refractivity (Wildman–Crippen MR) is 64.2 cm³/mol. The summed E-state index contributed by atoms with van der Waals surface area (Å²) >= 11 is 3.35. The van der Waals surface area contributed by atoms with Crippen LogP contribution in [0, 0.1) is 0 Å². The minimum atomic E-state index is 0.00437. The summed E-state index contributed by atoms with van der Waals surface area (Å²) in [5.41, 5.74) is 1.43. The first-order valence-corrected chi connectivity index (χ1v) is 5.58. The van der Waals surface area contributed by atoms with Gasteiger partial charge in [-0.2, -0.15) is 0 Å². The number of halogens is 1. The van der Waals surface area contributed by atoms with Crippen molar-refractivity contribution in [2.75, 3.05) is 0 Å². The van der Waals surface area contributed by atoms with Crippen LogP contribution in [0.3, 0.4) is 0 Å². The number of benzene rings is 1. The van der Waals surface area contributed by atoms with Crippen molar-refractivity contribution in [1.82, 2.24) is 9.97 Å². The molecule has 2 aromatic rings. The van der Waals surface area contributed by atoms with Gasteiger partial charge in [0.2, 0.25) is 0 Å². The Bertz CT molecular complexity index is 482. The highest BCUT2D eigenvalue weighted by Gasteiger charge is 2.07. The second-order valence-electron chi connectivity index (χ2n) is 3.32. The number of nitrogens with zero attached hydrogens (tertiary/aromatic N) is 2. The average Bonchev–Trinajstić information content (AvgIpc) is 2.33.